The summed E-state index contributed by atoms with van der Waals surface area (Å²) in [5.74, 6) is 0.755. The van der Waals surface area contributed by atoms with E-state index in [0.29, 0.717) is 0 Å². The first-order valence-corrected chi connectivity index (χ1v) is 6.83. The highest BCUT2D eigenvalue weighted by Crippen LogP contribution is 2.32. The smallest absolute Gasteiger partial charge is 0.240 e. The van der Waals surface area contributed by atoms with Crippen LogP contribution in [0.15, 0.2) is 24.3 Å². The van der Waals surface area contributed by atoms with Gasteiger partial charge in [0.1, 0.15) is 5.75 Å². The van der Waals surface area contributed by atoms with Gasteiger partial charge in [-0.15, -0.1) is 0 Å². The van der Waals surface area contributed by atoms with Crippen LogP contribution in [0.2, 0.25) is 0 Å². The average molecular weight is 262 g/mol. The predicted molar refractivity (Wildman–Crippen MR) is 74.9 cm³/mol. The molecule has 0 saturated heterocycles. The number of ether oxygens (including phenoxy) is 1. The summed E-state index contributed by atoms with van der Waals surface area (Å²) >= 11 is 0. The molecule has 0 aromatic heterocycles. The molecule has 104 valence electrons. The number of carbonyl (C=O) groups excluding carboxylic acids is 1. The third-order valence-corrected chi connectivity index (χ3v) is 3.93. The lowest BCUT2D eigenvalue weighted by atomic mass is 9.77. The maximum Gasteiger partial charge on any atom is 0.240 e. The monoisotopic (exact) mass is 262 g/mol. The maximum atomic E-state index is 12.2. The van der Waals surface area contributed by atoms with Gasteiger partial charge in [0, 0.05) is 5.56 Å². The average Bonchev–Trinajstić information content (AvgIpc) is 2.41. The van der Waals surface area contributed by atoms with Crippen LogP contribution in [0, 0.1) is 0 Å². The number of benzene rings is 1. The molecule has 0 bridgehead atoms. The van der Waals surface area contributed by atoms with Crippen molar-refractivity contribution in [1.29, 1.82) is 0 Å². The second-order valence-corrected chi connectivity index (χ2v) is 5.19. The SMILES string of the molecule is CCC(NC(=O)C1(N)CCC1)c1ccccc1OC. The molecule has 1 fully saturated rings. The molecule has 1 aromatic rings. The van der Waals surface area contributed by atoms with Crippen LogP contribution in [-0.4, -0.2) is 18.6 Å². The second kappa shape index (κ2) is 5.61. The molecular weight excluding hydrogens is 240 g/mol. The number of amides is 1. The highest BCUT2D eigenvalue weighted by molar-refractivity contribution is 5.87. The zero-order valence-corrected chi connectivity index (χ0v) is 11.6. The lowest BCUT2D eigenvalue weighted by molar-refractivity contribution is -0.130. The number of para-hydroxylation sites is 1. The summed E-state index contributed by atoms with van der Waals surface area (Å²) in [4.78, 5) is 12.2. The van der Waals surface area contributed by atoms with E-state index < -0.39 is 5.54 Å². The standard InChI is InChI=1S/C15H22N2O2/c1-3-12(11-7-4-5-8-13(11)19-2)17-14(18)15(16)9-6-10-15/h4-5,7-8,12H,3,6,9-10,16H2,1-2H3,(H,17,18). The summed E-state index contributed by atoms with van der Waals surface area (Å²) in [5, 5.41) is 3.06. The Labute approximate surface area is 114 Å². The molecule has 3 N–H and O–H groups in total. The van der Waals surface area contributed by atoms with Crippen molar-refractivity contribution < 1.29 is 9.53 Å². The number of methoxy groups -OCH3 is 1. The summed E-state index contributed by atoms with van der Waals surface area (Å²) < 4.78 is 5.35. The van der Waals surface area contributed by atoms with E-state index in [4.69, 9.17) is 10.5 Å². The third kappa shape index (κ3) is 2.73. The molecule has 1 unspecified atom stereocenters. The minimum atomic E-state index is -0.657. The van der Waals surface area contributed by atoms with Crippen LogP contribution in [0.3, 0.4) is 0 Å². The lowest BCUT2D eigenvalue weighted by Gasteiger charge is -2.37. The summed E-state index contributed by atoms with van der Waals surface area (Å²) in [6.45, 7) is 2.04. The number of carbonyl (C=O) groups is 1. The molecule has 0 spiro atoms. The van der Waals surface area contributed by atoms with Gasteiger partial charge in [0.25, 0.3) is 0 Å². The van der Waals surface area contributed by atoms with Gasteiger partial charge in [-0.2, -0.15) is 0 Å². The van der Waals surface area contributed by atoms with Gasteiger partial charge in [0.05, 0.1) is 18.7 Å². The first kappa shape index (κ1) is 13.9. The molecule has 19 heavy (non-hydrogen) atoms. The quantitative estimate of drug-likeness (QED) is 0.854. The zero-order valence-electron chi connectivity index (χ0n) is 11.6. The van der Waals surface area contributed by atoms with Crippen molar-refractivity contribution in [2.45, 2.75) is 44.2 Å². The summed E-state index contributed by atoms with van der Waals surface area (Å²) in [5.41, 5.74) is 6.40. The van der Waals surface area contributed by atoms with Crippen molar-refractivity contribution in [3.63, 3.8) is 0 Å². The Morgan fingerprint density at radius 3 is 2.68 bits per heavy atom. The minimum Gasteiger partial charge on any atom is -0.496 e. The Balaban J connectivity index is 2.13. The van der Waals surface area contributed by atoms with E-state index in [1.54, 1.807) is 7.11 Å². The van der Waals surface area contributed by atoms with Crippen molar-refractivity contribution >= 4 is 5.91 Å². The van der Waals surface area contributed by atoms with Gasteiger partial charge in [0.2, 0.25) is 5.91 Å². The molecule has 1 atom stereocenters. The van der Waals surface area contributed by atoms with Gasteiger partial charge in [-0.3, -0.25) is 4.79 Å². The molecule has 0 aliphatic heterocycles. The fourth-order valence-corrected chi connectivity index (χ4v) is 2.44. The predicted octanol–water partition coefficient (Wildman–Crippen LogP) is 2.14. The molecule has 4 nitrogen and oxygen atoms in total. The molecule has 1 aliphatic rings. The van der Waals surface area contributed by atoms with Crippen molar-refractivity contribution in [3.8, 4) is 5.75 Å². The molecule has 1 aromatic carbocycles. The van der Waals surface area contributed by atoms with Gasteiger partial charge < -0.3 is 15.8 Å². The van der Waals surface area contributed by atoms with Crippen LogP contribution in [0.1, 0.15) is 44.2 Å². The first-order valence-electron chi connectivity index (χ1n) is 6.83. The molecule has 2 rings (SSSR count). The van der Waals surface area contributed by atoms with E-state index >= 15 is 0 Å². The Morgan fingerprint density at radius 1 is 1.47 bits per heavy atom. The van der Waals surface area contributed by atoms with Crippen molar-refractivity contribution in [1.82, 2.24) is 5.32 Å². The number of rotatable bonds is 5. The second-order valence-electron chi connectivity index (χ2n) is 5.19. The number of hydrogen-bond acceptors (Lipinski definition) is 3. The van der Waals surface area contributed by atoms with Gasteiger partial charge in [-0.05, 0) is 31.7 Å². The van der Waals surface area contributed by atoms with E-state index in [9.17, 15) is 4.79 Å². The third-order valence-electron chi connectivity index (χ3n) is 3.93. The minimum absolute atomic E-state index is 0.0449. The molecule has 4 heteroatoms. The fraction of sp³-hybridized carbons (Fsp3) is 0.533. The van der Waals surface area contributed by atoms with Crippen molar-refractivity contribution in [3.05, 3.63) is 29.8 Å². The lowest BCUT2D eigenvalue weighted by Crippen LogP contribution is -2.58. The molecule has 1 amide bonds. The Hall–Kier alpha value is -1.55. The van der Waals surface area contributed by atoms with Crippen LogP contribution < -0.4 is 15.8 Å². The van der Waals surface area contributed by atoms with Gasteiger partial charge in [0.15, 0.2) is 0 Å². The van der Waals surface area contributed by atoms with Gasteiger partial charge in [-0.1, -0.05) is 25.1 Å². The molecule has 1 saturated carbocycles. The Bertz CT molecular complexity index is 455. The van der Waals surface area contributed by atoms with Crippen LogP contribution in [0.4, 0.5) is 0 Å². The zero-order chi connectivity index (χ0) is 13.9. The van der Waals surface area contributed by atoms with Crippen molar-refractivity contribution in [2.24, 2.45) is 5.73 Å². The van der Waals surface area contributed by atoms with Crippen LogP contribution in [-0.2, 0) is 4.79 Å². The van der Waals surface area contributed by atoms with Crippen LogP contribution in [0.25, 0.3) is 0 Å². The summed E-state index contributed by atoms with van der Waals surface area (Å²) in [7, 11) is 1.64. The highest BCUT2D eigenvalue weighted by Gasteiger charge is 2.40. The Kier molecular flexibility index (Phi) is 4.10. The van der Waals surface area contributed by atoms with E-state index in [2.05, 4.69) is 5.32 Å². The largest absolute Gasteiger partial charge is 0.496 e. The topological polar surface area (TPSA) is 64.4 Å². The van der Waals surface area contributed by atoms with Gasteiger partial charge >= 0.3 is 0 Å². The number of nitrogens with two attached hydrogens (primary N) is 1. The number of hydrogen-bond donors (Lipinski definition) is 2. The molecule has 1 aliphatic carbocycles. The molecular formula is C15H22N2O2. The summed E-state index contributed by atoms with van der Waals surface area (Å²) in [6, 6.07) is 7.72. The maximum absolute atomic E-state index is 12.2. The van der Waals surface area contributed by atoms with Gasteiger partial charge in [-0.25, -0.2) is 0 Å². The summed E-state index contributed by atoms with van der Waals surface area (Å²) in [6.07, 6.45) is 3.40. The number of nitrogens with one attached hydrogen (secondary N) is 1. The first-order chi connectivity index (χ1) is 9.10. The van der Waals surface area contributed by atoms with E-state index in [1.807, 2.05) is 31.2 Å². The van der Waals surface area contributed by atoms with Crippen molar-refractivity contribution in [2.75, 3.05) is 7.11 Å². The van der Waals surface area contributed by atoms with E-state index in [-0.39, 0.29) is 11.9 Å². The fourth-order valence-electron chi connectivity index (χ4n) is 2.44. The van der Waals surface area contributed by atoms with Crippen LogP contribution in [0.5, 0.6) is 5.75 Å². The van der Waals surface area contributed by atoms with E-state index in [0.717, 1.165) is 37.0 Å². The Morgan fingerprint density at radius 2 is 2.16 bits per heavy atom. The molecule has 0 radical (unpaired) electrons. The normalized spacial score (nSPS) is 18.3. The van der Waals surface area contributed by atoms with E-state index in [1.165, 1.54) is 0 Å². The molecule has 0 heterocycles. The highest BCUT2D eigenvalue weighted by atomic mass is 16.5. The van der Waals surface area contributed by atoms with Crippen LogP contribution >= 0.6 is 0 Å².